The van der Waals surface area contributed by atoms with Crippen LogP contribution in [-0.4, -0.2) is 35.7 Å². The summed E-state index contributed by atoms with van der Waals surface area (Å²) in [4.78, 5) is 0. The van der Waals surface area contributed by atoms with Gasteiger partial charge in [0.2, 0.25) is 0 Å². The van der Waals surface area contributed by atoms with E-state index < -0.39 is 16.9 Å². The first-order chi connectivity index (χ1) is 7.39. The van der Waals surface area contributed by atoms with Crippen molar-refractivity contribution in [3.05, 3.63) is 0 Å². The first-order valence-corrected chi connectivity index (χ1v) is 11.9. The quantitative estimate of drug-likeness (QED) is 0.650. The Hall–Kier alpha value is 0.314. The van der Waals surface area contributed by atoms with E-state index in [0.29, 0.717) is 0 Å². The van der Waals surface area contributed by atoms with Crippen molar-refractivity contribution in [2.75, 3.05) is 13.7 Å². The fourth-order valence-electron chi connectivity index (χ4n) is 1.83. The van der Waals surface area contributed by atoms with Crippen LogP contribution in [0.1, 0.15) is 26.2 Å². The van der Waals surface area contributed by atoms with Crippen LogP contribution in [0.15, 0.2) is 0 Å². The van der Waals surface area contributed by atoms with Crippen LogP contribution in [0.4, 0.5) is 0 Å². The van der Waals surface area contributed by atoms with E-state index in [0.717, 1.165) is 12.5 Å². The van der Waals surface area contributed by atoms with Gasteiger partial charge in [-0.1, -0.05) is 19.8 Å². The van der Waals surface area contributed by atoms with E-state index in [1.54, 1.807) is 7.11 Å². The molecular weight excluding hydrogens is 236 g/mol. The van der Waals surface area contributed by atoms with Gasteiger partial charge in [0.1, 0.15) is 0 Å². The summed E-state index contributed by atoms with van der Waals surface area (Å²) in [5, 5.41) is 8.89. The molecule has 0 rings (SSSR count). The van der Waals surface area contributed by atoms with Gasteiger partial charge in [0.25, 0.3) is 0 Å². The molecule has 1 N–H and O–H groups in total. The molecule has 16 heavy (non-hydrogen) atoms. The highest BCUT2D eigenvalue weighted by molar-refractivity contribution is 6.82. The normalized spacial score (nSPS) is 16.1. The predicted molar refractivity (Wildman–Crippen MR) is 73.4 cm³/mol. The van der Waals surface area contributed by atoms with Gasteiger partial charge in [0.05, 0.1) is 0 Å². The molecular formula is C11H28O3Si2. The summed E-state index contributed by atoms with van der Waals surface area (Å²) in [5.74, 6) is 0. The van der Waals surface area contributed by atoms with E-state index in [1.807, 2.05) is 0 Å². The van der Waals surface area contributed by atoms with E-state index in [2.05, 4.69) is 26.6 Å². The van der Waals surface area contributed by atoms with Crippen molar-refractivity contribution in [2.45, 2.75) is 57.9 Å². The SMILES string of the molecule is CCCC[Si](C)(C)O[Si](C)(CCCO)OC. The lowest BCUT2D eigenvalue weighted by atomic mass is 10.4. The van der Waals surface area contributed by atoms with Crippen molar-refractivity contribution < 1.29 is 13.6 Å². The van der Waals surface area contributed by atoms with Crippen LogP contribution >= 0.6 is 0 Å². The van der Waals surface area contributed by atoms with Crippen molar-refractivity contribution in [1.29, 1.82) is 0 Å². The van der Waals surface area contributed by atoms with Crippen LogP contribution in [0, 0.1) is 0 Å². The summed E-state index contributed by atoms with van der Waals surface area (Å²) in [6, 6.07) is 2.09. The van der Waals surface area contributed by atoms with Gasteiger partial charge in [0, 0.05) is 13.7 Å². The summed E-state index contributed by atoms with van der Waals surface area (Å²) >= 11 is 0. The van der Waals surface area contributed by atoms with Crippen LogP contribution in [0.25, 0.3) is 0 Å². The third-order valence-electron chi connectivity index (χ3n) is 2.85. The maximum atomic E-state index is 8.89. The molecule has 0 aliphatic heterocycles. The fourth-order valence-corrected chi connectivity index (χ4v) is 9.87. The van der Waals surface area contributed by atoms with E-state index in [-0.39, 0.29) is 6.61 Å². The lowest BCUT2D eigenvalue weighted by Gasteiger charge is -2.34. The molecule has 0 aromatic carbocycles. The minimum absolute atomic E-state index is 0.228. The maximum Gasteiger partial charge on any atom is 0.324 e. The average Bonchev–Trinajstić information content (AvgIpc) is 2.23. The molecule has 0 saturated heterocycles. The molecule has 0 amide bonds. The molecule has 0 aromatic rings. The lowest BCUT2D eigenvalue weighted by molar-refractivity contribution is 0.270. The van der Waals surface area contributed by atoms with Crippen LogP contribution < -0.4 is 0 Å². The zero-order valence-corrected chi connectivity index (χ0v) is 13.5. The number of aliphatic hydroxyl groups excluding tert-OH is 1. The zero-order valence-electron chi connectivity index (χ0n) is 11.5. The Morgan fingerprint density at radius 2 is 1.69 bits per heavy atom. The summed E-state index contributed by atoms with van der Waals surface area (Å²) in [7, 11) is -1.86. The van der Waals surface area contributed by atoms with E-state index in [9.17, 15) is 0 Å². The number of aliphatic hydroxyl groups is 1. The smallest absolute Gasteiger partial charge is 0.324 e. The standard InChI is InChI=1S/C11H28O3Si2/c1-6-7-10-15(3,4)14-16(5,13-2)11-8-9-12/h12H,6-11H2,1-5H3. The predicted octanol–water partition coefficient (Wildman–Crippen LogP) is 3.11. The molecule has 0 aromatic heterocycles. The van der Waals surface area contributed by atoms with Gasteiger partial charge < -0.3 is 13.6 Å². The summed E-state index contributed by atoms with van der Waals surface area (Å²) in [6.07, 6.45) is 3.25. The number of hydrogen-bond acceptors (Lipinski definition) is 3. The minimum Gasteiger partial charge on any atom is -0.436 e. The molecule has 1 atom stereocenters. The minimum atomic E-state index is -2.03. The van der Waals surface area contributed by atoms with Crippen LogP contribution in [-0.2, 0) is 8.54 Å². The Labute approximate surface area is 103 Å². The van der Waals surface area contributed by atoms with Crippen molar-refractivity contribution in [3.63, 3.8) is 0 Å². The fraction of sp³-hybridized carbons (Fsp3) is 1.00. The Morgan fingerprint density at radius 1 is 1.06 bits per heavy atom. The molecule has 0 radical (unpaired) electrons. The van der Waals surface area contributed by atoms with Gasteiger partial charge in [-0.05, 0) is 38.2 Å². The van der Waals surface area contributed by atoms with Gasteiger partial charge in [0.15, 0.2) is 8.32 Å². The van der Waals surface area contributed by atoms with E-state index in [4.69, 9.17) is 13.6 Å². The number of unbranched alkanes of at least 4 members (excludes halogenated alkanes) is 1. The second-order valence-electron chi connectivity index (χ2n) is 5.13. The molecule has 0 bridgehead atoms. The highest BCUT2D eigenvalue weighted by Crippen LogP contribution is 2.24. The molecule has 1 unspecified atom stereocenters. The molecule has 0 aliphatic carbocycles. The molecule has 3 nitrogen and oxygen atoms in total. The third kappa shape index (κ3) is 6.80. The van der Waals surface area contributed by atoms with Crippen LogP contribution in [0.5, 0.6) is 0 Å². The Bertz CT molecular complexity index is 188. The van der Waals surface area contributed by atoms with E-state index in [1.165, 1.54) is 18.9 Å². The maximum absolute atomic E-state index is 8.89. The molecule has 0 fully saturated rings. The van der Waals surface area contributed by atoms with E-state index >= 15 is 0 Å². The molecule has 0 spiro atoms. The highest BCUT2D eigenvalue weighted by atomic mass is 28.4. The zero-order chi connectivity index (χ0) is 12.7. The first kappa shape index (κ1) is 16.3. The first-order valence-electron chi connectivity index (χ1n) is 6.25. The summed E-state index contributed by atoms with van der Waals surface area (Å²) < 4.78 is 11.9. The van der Waals surface area contributed by atoms with Gasteiger partial charge in [-0.3, -0.25) is 0 Å². The van der Waals surface area contributed by atoms with Crippen molar-refractivity contribution in [3.8, 4) is 0 Å². The van der Waals surface area contributed by atoms with Gasteiger partial charge >= 0.3 is 8.56 Å². The van der Waals surface area contributed by atoms with Gasteiger partial charge in [-0.15, -0.1) is 0 Å². The van der Waals surface area contributed by atoms with Crippen molar-refractivity contribution in [2.24, 2.45) is 0 Å². The summed E-state index contributed by atoms with van der Waals surface area (Å²) in [6.45, 7) is 9.09. The average molecular weight is 265 g/mol. The lowest BCUT2D eigenvalue weighted by Crippen LogP contribution is -2.48. The van der Waals surface area contributed by atoms with Crippen molar-refractivity contribution >= 4 is 16.9 Å². The Balaban J connectivity index is 4.26. The molecule has 0 aliphatic rings. The molecule has 0 saturated carbocycles. The van der Waals surface area contributed by atoms with Crippen LogP contribution in [0.3, 0.4) is 0 Å². The molecule has 5 heteroatoms. The van der Waals surface area contributed by atoms with Crippen molar-refractivity contribution in [1.82, 2.24) is 0 Å². The van der Waals surface area contributed by atoms with Crippen LogP contribution in [0.2, 0.25) is 31.7 Å². The monoisotopic (exact) mass is 264 g/mol. The number of rotatable bonds is 9. The molecule has 98 valence electrons. The second kappa shape index (κ2) is 7.60. The molecule has 0 heterocycles. The highest BCUT2D eigenvalue weighted by Gasteiger charge is 2.37. The Kier molecular flexibility index (Phi) is 7.75. The second-order valence-corrected chi connectivity index (χ2v) is 13.1. The van der Waals surface area contributed by atoms with Gasteiger partial charge in [-0.25, -0.2) is 0 Å². The van der Waals surface area contributed by atoms with Gasteiger partial charge in [-0.2, -0.15) is 0 Å². The number of hydrogen-bond donors (Lipinski definition) is 1. The largest absolute Gasteiger partial charge is 0.436 e. The Morgan fingerprint density at radius 3 is 2.12 bits per heavy atom. The topological polar surface area (TPSA) is 38.7 Å². The third-order valence-corrected chi connectivity index (χ3v) is 10.5. The summed E-state index contributed by atoms with van der Waals surface area (Å²) in [5.41, 5.74) is 0.